The number of thioether (sulfide) groups is 1. The number of rotatable bonds is 4. The van der Waals surface area contributed by atoms with Gasteiger partial charge in [-0.05, 0) is 30.5 Å². The topological polar surface area (TPSA) is 20.2 Å². The first-order chi connectivity index (χ1) is 6.59. The van der Waals surface area contributed by atoms with Gasteiger partial charge in [0.25, 0.3) is 0 Å². The Morgan fingerprint density at radius 3 is 2.57 bits per heavy atom. The number of aliphatic hydroxyl groups excluding tert-OH is 1. The molecule has 0 aliphatic heterocycles. The van der Waals surface area contributed by atoms with Crippen molar-refractivity contribution in [2.45, 2.75) is 31.8 Å². The Morgan fingerprint density at radius 1 is 1.29 bits per heavy atom. The summed E-state index contributed by atoms with van der Waals surface area (Å²) in [6.07, 6.45) is -0.366. The van der Waals surface area contributed by atoms with Gasteiger partial charge in [-0.1, -0.05) is 26.0 Å². The van der Waals surface area contributed by atoms with Gasteiger partial charge in [0.15, 0.2) is 0 Å². The lowest BCUT2D eigenvalue weighted by molar-refractivity contribution is 0.199. The zero-order valence-electron chi connectivity index (χ0n) is 9.03. The summed E-state index contributed by atoms with van der Waals surface area (Å²) in [7, 11) is 0. The number of hydrogen-bond acceptors (Lipinski definition) is 2. The minimum atomic E-state index is -0.366. The van der Waals surface area contributed by atoms with E-state index in [-0.39, 0.29) is 6.10 Å². The highest BCUT2D eigenvalue weighted by Crippen LogP contribution is 2.23. The van der Waals surface area contributed by atoms with Crippen molar-refractivity contribution in [2.24, 2.45) is 5.92 Å². The normalized spacial score (nSPS) is 13.2. The molecule has 1 aromatic rings. The van der Waals surface area contributed by atoms with Gasteiger partial charge in [-0.15, -0.1) is 11.8 Å². The molecule has 0 aliphatic rings. The third kappa shape index (κ3) is 3.72. The molecule has 0 unspecified atom stereocenters. The van der Waals surface area contributed by atoms with Crippen LogP contribution in [0.2, 0.25) is 0 Å². The van der Waals surface area contributed by atoms with E-state index in [2.05, 4.69) is 26.0 Å². The number of aliphatic hydroxyl groups is 1. The van der Waals surface area contributed by atoms with E-state index < -0.39 is 0 Å². The van der Waals surface area contributed by atoms with Crippen LogP contribution in [0, 0.1) is 5.92 Å². The third-order valence-electron chi connectivity index (χ3n) is 1.92. The lowest BCUT2D eigenvalue weighted by atomic mass is 10.1. The Bertz CT molecular complexity index is 281. The van der Waals surface area contributed by atoms with Gasteiger partial charge in [-0.2, -0.15) is 0 Å². The molecule has 1 atom stereocenters. The molecule has 0 fully saturated rings. The maximum absolute atomic E-state index is 9.42. The second-order valence-corrected chi connectivity index (χ2v) is 5.05. The molecule has 0 spiro atoms. The lowest BCUT2D eigenvalue weighted by Gasteiger charge is -2.08. The van der Waals surface area contributed by atoms with E-state index in [4.69, 9.17) is 0 Å². The number of hydrogen-bond donors (Lipinski definition) is 1. The summed E-state index contributed by atoms with van der Waals surface area (Å²) < 4.78 is 0. The summed E-state index contributed by atoms with van der Waals surface area (Å²) in [5, 5.41) is 9.42. The smallest absolute Gasteiger partial charge is 0.0762 e. The molecule has 14 heavy (non-hydrogen) atoms. The molecular formula is C12H18OS. The molecule has 0 amide bonds. The Morgan fingerprint density at radius 2 is 2.00 bits per heavy atom. The summed E-state index contributed by atoms with van der Waals surface area (Å²) >= 11 is 1.85. The van der Waals surface area contributed by atoms with Crippen LogP contribution in [0.25, 0.3) is 0 Å². The van der Waals surface area contributed by atoms with Gasteiger partial charge in [0.2, 0.25) is 0 Å². The summed E-state index contributed by atoms with van der Waals surface area (Å²) in [5.74, 6) is 1.83. The van der Waals surface area contributed by atoms with Crippen molar-refractivity contribution in [3.63, 3.8) is 0 Å². The van der Waals surface area contributed by atoms with E-state index in [1.54, 1.807) is 6.92 Å². The van der Waals surface area contributed by atoms with Gasteiger partial charge in [0.05, 0.1) is 6.10 Å². The summed E-state index contributed by atoms with van der Waals surface area (Å²) in [5.41, 5.74) is 0.999. The molecule has 1 N–H and O–H groups in total. The van der Waals surface area contributed by atoms with E-state index in [9.17, 15) is 5.11 Å². The first-order valence-electron chi connectivity index (χ1n) is 5.00. The van der Waals surface area contributed by atoms with Gasteiger partial charge in [0.1, 0.15) is 0 Å². The Balaban J connectivity index is 2.64. The van der Waals surface area contributed by atoms with Crippen molar-refractivity contribution < 1.29 is 5.11 Å². The predicted octanol–water partition coefficient (Wildman–Crippen LogP) is 3.49. The molecule has 1 aromatic carbocycles. The van der Waals surface area contributed by atoms with Crippen molar-refractivity contribution in [3.05, 3.63) is 29.8 Å². The van der Waals surface area contributed by atoms with Gasteiger partial charge in [0, 0.05) is 10.6 Å². The van der Waals surface area contributed by atoms with Crippen molar-refractivity contribution in [1.29, 1.82) is 0 Å². The van der Waals surface area contributed by atoms with Crippen LogP contribution in [0.1, 0.15) is 32.4 Å². The molecule has 0 aliphatic carbocycles. The lowest BCUT2D eigenvalue weighted by Crippen LogP contribution is -1.93. The van der Waals surface area contributed by atoms with Crippen molar-refractivity contribution in [3.8, 4) is 0 Å². The van der Waals surface area contributed by atoms with Crippen LogP contribution in [0.3, 0.4) is 0 Å². The third-order valence-corrected chi connectivity index (χ3v) is 3.34. The fraction of sp³-hybridized carbons (Fsp3) is 0.500. The predicted molar refractivity (Wildman–Crippen MR) is 62.6 cm³/mol. The molecule has 0 radical (unpaired) electrons. The fourth-order valence-corrected chi connectivity index (χ4v) is 2.05. The Kier molecular flexibility index (Phi) is 4.49. The highest BCUT2D eigenvalue weighted by atomic mass is 32.2. The quantitative estimate of drug-likeness (QED) is 0.768. The molecule has 0 saturated carbocycles. The van der Waals surface area contributed by atoms with Crippen LogP contribution in [-0.2, 0) is 0 Å². The van der Waals surface area contributed by atoms with Gasteiger partial charge >= 0.3 is 0 Å². The average Bonchev–Trinajstić information content (AvgIpc) is 2.15. The molecule has 78 valence electrons. The molecule has 1 rings (SSSR count). The van der Waals surface area contributed by atoms with Gasteiger partial charge < -0.3 is 5.11 Å². The molecule has 1 nitrogen and oxygen atoms in total. The van der Waals surface area contributed by atoms with E-state index >= 15 is 0 Å². The van der Waals surface area contributed by atoms with E-state index in [0.717, 1.165) is 11.3 Å². The monoisotopic (exact) mass is 210 g/mol. The molecule has 0 saturated heterocycles. The summed E-state index contributed by atoms with van der Waals surface area (Å²) in [6, 6.07) is 8.13. The number of benzene rings is 1. The molecule has 2 heteroatoms. The maximum atomic E-state index is 9.42. The van der Waals surface area contributed by atoms with E-state index in [1.807, 2.05) is 23.9 Å². The second kappa shape index (κ2) is 5.42. The van der Waals surface area contributed by atoms with Crippen LogP contribution < -0.4 is 0 Å². The molecule has 0 aromatic heterocycles. The highest BCUT2D eigenvalue weighted by Gasteiger charge is 2.02. The SMILES string of the molecule is CC(C)CSc1cccc([C@H](C)O)c1. The van der Waals surface area contributed by atoms with Gasteiger partial charge in [-0.3, -0.25) is 0 Å². The molecular weight excluding hydrogens is 192 g/mol. The Labute approximate surface area is 90.5 Å². The van der Waals surface area contributed by atoms with Crippen molar-refractivity contribution >= 4 is 11.8 Å². The van der Waals surface area contributed by atoms with Crippen LogP contribution in [0.5, 0.6) is 0 Å². The zero-order chi connectivity index (χ0) is 10.6. The maximum Gasteiger partial charge on any atom is 0.0762 e. The minimum absolute atomic E-state index is 0.366. The van der Waals surface area contributed by atoms with Crippen LogP contribution in [0.15, 0.2) is 29.2 Å². The minimum Gasteiger partial charge on any atom is -0.389 e. The zero-order valence-corrected chi connectivity index (χ0v) is 9.84. The van der Waals surface area contributed by atoms with Crippen molar-refractivity contribution in [2.75, 3.05) is 5.75 Å². The first-order valence-corrected chi connectivity index (χ1v) is 5.99. The molecule has 0 bridgehead atoms. The molecule has 0 heterocycles. The Hall–Kier alpha value is -0.470. The van der Waals surface area contributed by atoms with Crippen molar-refractivity contribution in [1.82, 2.24) is 0 Å². The van der Waals surface area contributed by atoms with Crippen LogP contribution in [-0.4, -0.2) is 10.9 Å². The fourth-order valence-electron chi connectivity index (χ4n) is 1.13. The standard InChI is InChI=1S/C12H18OS/c1-9(2)8-14-12-6-4-5-11(7-12)10(3)13/h4-7,9-10,13H,8H2,1-3H3/t10-/m0/s1. The van der Waals surface area contributed by atoms with E-state index in [1.165, 1.54) is 4.90 Å². The average molecular weight is 210 g/mol. The first kappa shape index (κ1) is 11.6. The second-order valence-electron chi connectivity index (χ2n) is 3.95. The summed E-state index contributed by atoms with van der Waals surface area (Å²) in [4.78, 5) is 1.25. The highest BCUT2D eigenvalue weighted by molar-refractivity contribution is 7.99. The van der Waals surface area contributed by atoms with Crippen LogP contribution in [0.4, 0.5) is 0 Å². The van der Waals surface area contributed by atoms with E-state index in [0.29, 0.717) is 5.92 Å². The summed E-state index contributed by atoms with van der Waals surface area (Å²) in [6.45, 7) is 6.23. The largest absolute Gasteiger partial charge is 0.389 e. The van der Waals surface area contributed by atoms with Crippen LogP contribution >= 0.6 is 11.8 Å². The van der Waals surface area contributed by atoms with Gasteiger partial charge in [-0.25, -0.2) is 0 Å².